The molecule has 0 saturated heterocycles. The maximum absolute atomic E-state index is 12.4. The topological polar surface area (TPSA) is 99.0 Å². The minimum Gasteiger partial charge on any atom is -0.465 e. The molecule has 24 heavy (non-hydrogen) atoms. The van der Waals surface area contributed by atoms with Crippen molar-refractivity contribution >= 4 is 23.4 Å². The Morgan fingerprint density at radius 3 is 2.38 bits per heavy atom. The third-order valence-electron chi connectivity index (χ3n) is 2.90. The van der Waals surface area contributed by atoms with Gasteiger partial charge < -0.3 is 9.47 Å². The van der Waals surface area contributed by atoms with E-state index in [2.05, 4.69) is 0 Å². The summed E-state index contributed by atoms with van der Waals surface area (Å²) in [5.41, 5.74) is -0.130. The van der Waals surface area contributed by atoms with E-state index in [1.165, 1.54) is 18.2 Å². The van der Waals surface area contributed by atoms with Crippen LogP contribution < -0.4 is 4.90 Å². The number of rotatable bonds is 5. The maximum Gasteiger partial charge on any atom is 0.415 e. The summed E-state index contributed by atoms with van der Waals surface area (Å²) in [4.78, 5) is 35.7. The zero-order valence-corrected chi connectivity index (χ0v) is 14.5. The molecule has 0 unspecified atom stereocenters. The van der Waals surface area contributed by atoms with E-state index < -0.39 is 22.6 Å². The van der Waals surface area contributed by atoms with Crippen LogP contribution >= 0.6 is 0 Å². The standard InChI is InChI=1S/C16H22N2O6/c1-6-23-14(19)10-17(15(20)24-16(3,4)5)12-7-8-13(18(21)22)11(2)9-12/h7-9H,6,10H2,1-5H3. The van der Waals surface area contributed by atoms with Crippen molar-refractivity contribution in [1.29, 1.82) is 0 Å². The summed E-state index contributed by atoms with van der Waals surface area (Å²) >= 11 is 0. The second-order valence-electron chi connectivity index (χ2n) is 6.10. The van der Waals surface area contributed by atoms with Gasteiger partial charge in [-0.25, -0.2) is 4.79 Å². The van der Waals surface area contributed by atoms with Gasteiger partial charge in [-0.15, -0.1) is 0 Å². The van der Waals surface area contributed by atoms with Crippen molar-refractivity contribution in [3.05, 3.63) is 33.9 Å². The lowest BCUT2D eigenvalue weighted by Crippen LogP contribution is -2.40. The summed E-state index contributed by atoms with van der Waals surface area (Å²) in [7, 11) is 0. The summed E-state index contributed by atoms with van der Waals surface area (Å²) < 4.78 is 10.2. The molecule has 0 bridgehead atoms. The number of nitro groups is 1. The predicted octanol–water partition coefficient (Wildman–Crippen LogP) is 3.21. The van der Waals surface area contributed by atoms with E-state index in [9.17, 15) is 19.7 Å². The van der Waals surface area contributed by atoms with Crippen LogP contribution in [-0.2, 0) is 14.3 Å². The fourth-order valence-corrected chi connectivity index (χ4v) is 1.93. The highest BCUT2D eigenvalue weighted by Crippen LogP contribution is 2.25. The van der Waals surface area contributed by atoms with Gasteiger partial charge in [-0.05, 0) is 46.8 Å². The number of carbonyl (C=O) groups excluding carboxylic acids is 2. The number of aryl methyl sites for hydroxylation is 1. The molecule has 0 spiro atoms. The average Bonchev–Trinajstić information content (AvgIpc) is 2.42. The molecular formula is C16H22N2O6. The third kappa shape index (κ3) is 5.53. The molecule has 1 aromatic carbocycles. The van der Waals surface area contributed by atoms with Crippen LogP contribution in [-0.4, -0.2) is 35.7 Å². The van der Waals surface area contributed by atoms with Gasteiger partial charge in [0.25, 0.3) is 5.69 Å². The first-order valence-corrected chi connectivity index (χ1v) is 7.46. The highest BCUT2D eigenvalue weighted by Gasteiger charge is 2.26. The summed E-state index contributed by atoms with van der Waals surface area (Å²) in [5.74, 6) is -0.598. The van der Waals surface area contributed by atoms with Gasteiger partial charge in [0.15, 0.2) is 0 Å². The molecule has 0 aliphatic heterocycles. The van der Waals surface area contributed by atoms with Crippen LogP contribution in [0.25, 0.3) is 0 Å². The molecule has 0 aliphatic carbocycles. The van der Waals surface area contributed by atoms with E-state index >= 15 is 0 Å². The summed E-state index contributed by atoms with van der Waals surface area (Å²) in [6.07, 6.45) is -0.733. The zero-order valence-electron chi connectivity index (χ0n) is 14.5. The van der Waals surface area contributed by atoms with Crippen LogP contribution in [0.2, 0.25) is 0 Å². The Morgan fingerprint density at radius 2 is 1.92 bits per heavy atom. The number of hydrogen-bond acceptors (Lipinski definition) is 6. The van der Waals surface area contributed by atoms with Crippen LogP contribution in [0.5, 0.6) is 0 Å². The predicted molar refractivity (Wildman–Crippen MR) is 88.0 cm³/mol. The monoisotopic (exact) mass is 338 g/mol. The molecule has 132 valence electrons. The highest BCUT2D eigenvalue weighted by molar-refractivity contribution is 5.93. The van der Waals surface area contributed by atoms with Gasteiger partial charge in [0.2, 0.25) is 0 Å². The Kier molecular flexibility index (Phi) is 6.27. The first-order valence-electron chi connectivity index (χ1n) is 7.46. The SMILES string of the molecule is CCOC(=O)CN(C(=O)OC(C)(C)C)c1ccc([N+](=O)[O-])c(C)c1. The molecule has 0 N–H and O–H groups in total. The molecule has 0 radical (unpaired) electrons. The van der Waals surface area contributed by atoms with Crippen LogP contribution in [0.1, 0.15) is 33.3 Å². The normalized spacial score (nSPS) is 10.9. The quantitative estimate of drug-likeness (QED) is 0.464. The second-order valence-corrected chi connectivity index (χ2v) is 6.10. The van der Waals surface area contributed by atoms with Crippen molar-refractivity contribution in [3.63, 3.8) is 0 Å². The van der Waals surface area contributed by atoms with Crippen LogP contribution in [0.3, 0.4) is 0 Å². The second kappa shape index (κ2) is 7.76. The molecule has 0 aromatic heterocycles. The van der Waals surface area contributed by atoms with E-state index in [4.69, 9.17) is 9.47 Å². The summed E-state index contributed by atoms with van der Waals surface area (Å²) in [6.45, 7) is 8.16. The first kappa shape index (κ1) is 19.4. The number of ether oxygens (including phenoxy) is 2. The van der Waals surface area contributed by atoms with E-state index in [1.807, 2.05) is 0 Å². The van der Waals surface area contributed by atoms with Gasteiger partial charge in [-0.1, -0.05) is 0 Å². The molecule has 0 atom stereocenters. The molecule has 0 fully saturated rings. The Hall–Kier alpha value is -2.64. The lowest BCUT2D eigenvalue weighted by molar-refractivity contribution is -0.385. The van der Waals surface area contributed by atoms with E-state index in [0.717, 1.165) is 4.90 Å². The molecule has 1 amide bonds. The Bertz CT molecular complexity index is 636. The molecule has 8 heteroatoms. The van der Waals surface area contributed by atoms with Crippen molar-refractivity contribution in [3.8, 4) is 0 Å². The number of benzene rings is 1. The van der Waals surface area contributed by atoms with Crippen molar-refractivity contribution in [1.82, 2.24) is 0 Å². The molecule has 0 saturated carbocycles. The number of amides is 1. The van der Waals surface area contributed by atoms with Gasteiger partial charge >= 0.3 is 12.1 Å². The molecule has 1 aromatic rings. The van der Waals surface area contributed by atoms with Gasteiger partial charge in [-0.2, -0.15) is 0 Å². The minimum absolute atomic E-state index is 0.0703. The lowest BCUT2D eigenvalue weighted by atomic mass is 10.1. The highest BCUT2D eigenvalue weighted by atomic mass is 16.6. The number of nitro benzene ring substituents is 1. The van der Waals surface area contributed by atoms with Crippen molar-refractivity contribution in [2.45, 2.75) is 40.2 Å². The molecular weight excluding hydrogens is 316 g/mol. The van der Waals surface area contributed by atoms with Gasteiger partial charge in [-0.3, -0.25) is 19.8 Å². The largest absolute Gasteiger partial charge is 0.465 e. The molecule has 1 rings (SSSR count). The number of carbonyl (C=O) groups is 2. The van der Waals surface area contributed by atoms with Gasteiger partial charge in [0.1, 0.15) is 12.1 Å². The molecule has 8 nitrogen and oxygen atoms in total. The molecule has 0 aliphatic rings. The maximum atomic E-state index is 12.4. The summed E-state index contributed by atoms with van der Waals surface area (Å²) in [6, 6.07) is 4.14. The average molecular weight is 338 g/mol. The fraction of sp³-hybridized carbons (Fsp3) is 0.500. The Balaban J connectivity index is 3.16. The van der Waals surface area contributed by atoms with Crippen molar-refractivity contribution < 1.29 is 24.0 Å². The van der Waals surface area contributed by atoms with Crippen LogP contribution in [0.15, 0.2) is 18.2 Å². The number of hydrogen-bond donors (Lipinski definition) is 0. The van der Waals surface area contributed by atoms with Crippen LogP contribution in [0.4, 0.5) is 16.2 Å². The smallest absolute Gasteiger partial charge is 0.415 e. The third-order valence-corrected chi connectivity index (χ3v) is 2.90. The van der Waals surface area contributed by atoms with E-state index in [0.29, 0.717) is 11.3 Å². The van der Waals surface area contributed by atoms with Crippen molar-refractivity contribution in [2.24, 2.45) is 0 Å². The van der Waals surface area contributed by atoms with E-state index in [-0.39, 0.29) is 18.8 Å². The fourth-order valence-electron chi connectivity index (χ4n) is 1.93. The van der Waals surface area contributed by atoms with E-state index in [1.54, 1.807) is 34.6 Å². The number of esters is 1. The molecule has 0 heterocycles. The summed E-state index contributed by atoms with van der Waals surface area (Å²) in [5, 5.41) is 10.9. The number of anilines is 1. The van der Waals surface area contributed by atoms with Gasteiger partial charge in [0, 0.05) is 17.3 Å². The lowest BCUT2D eigenvalue weighted by Gasteiger charge is -2.27. The Labute approximate surface area is 140 Å². The number of nitrogens with zero attached hydrogens (tertiary/aromatic N) is 2. The zero-order chi connectivity index (χ0) is 18.5. The Morgan fingerprint density at radius 1 is 1.29 bits per heavy atom. The minimum atomic E-state index is -0.750. The van der Waals surface area contributed by atoms with Crippen molar-refractivity contribution in [2.75, 3.05) is 18.1 Å². The van der Waals surface area contributed by atoms with Gasteiger partial charge in [0.05, 0.1) is 11.5 Å². The first-order chi connectivity index (χ1) is 11.0. The van der Waals surface area contributed by atoms with Crippen LogP contribution in [0, 0.1) is 17.0 Å².